The van der Waals surface area contributed by atoms with Crippen LogP contribution in [0.5, 0.6) is 0 Å². The molecule has 44 heavy (non-hydrogen) atoms. The molecule has 14 heteroatoms. The monoisotopic (exact) mass is 596 g/mol. The van der Waals surface area contributed by atoms with Gasteiger partial charge in [-0.05, 0) is 49.9 Å². The molecule has 2 aromatic carbocycles. The number of likely N-dealkylation sites (tertiary alicyclic amines) is 2. The molecule has 2 aromatic heterocycles. The minimum Gasteiger partial charge on any atom is -0.397 e. The van der Waals surface area contributed by atoms with Crippen LogP contribution in [0.4, 0.5) is 32.3 Å². The molecule has 0 saturated carbocycles. The SMILES string of the molecule is Nc1ccc(-c2cnccn2)cc1NC(=O)N1CCCC1.O=C(Nc1cc(-c2cnccn2)ccc1[N+](=O)[O-])N1CCCC1. The average Bonchev–Trinajstić information content (AvgIpc) is 3.79. The van der Waals surface area contributed by atoms with Gasteiger partial charge in [0.25, 0.3) is 5.69 Å². The number of nitrogen functional groups attached to an aromatic ring is 1. The van der Waals surface area contributed by atoms with E-state index in [4.69, 9.17) is 5.73 Å². The Hall–Kier alpha value is -5.66. The van der Waals surface area contributed by atoms with E-state index >= 15 is 0 Å². The lowest BCUT2D eigenvalue weighted by Crippen LogP contribution is -2.32. The number of aromatic nitrogens is 4. The van der Waals surface area contributed by atoms with Gasteiger partial charge in [-0.25, -0.2) is 9.59 Å². The van der Waals surface area contributed by atoms with Crippen molar-refractivity contribution < 1.29 is 14.5 Å². The summed E-state index contributed by atoms with van der Waals surface area (Å²) in [5.41, 5.74) is 9.95. The van der Waals surface area contributed by atoms with Gasteiger partial charge in [0.1, 0.15) is 5.69 Å². The number of rotatable bonds is 5. The Labute approximate surface area is 253 Å². The zero-order valence-electron chi connectivity index (χ0n) is 23.9. The quantitative estimate of drug-likeness (QED) is 0.161. The van der Waals surface area contributed by atoms with Crippen LogP contribution in [0.1, 0.15) is 25.7 Å². The van der Waals surface area contributed by atoms with Gasteiger partial charge < -0.3 is 26.2 Å². The van der Waals surface area contributed by atoms with E-state index in [9.17, 15) is 19.7 Å². The van der Waals surface area contributed by atoms with Crippen molar-refractivity contribution >= 4 is 34.8 Å². The van der Waals surface area contributed by atoms with Crippen molar-refractivity contribution in [1.82, 2.24) is 29.7 Å². The van der Waals surface area contributed by atoms with Crippen molar-refractivity contribution in [3.05, 3.63) is 83.7 Å². The van der Waals surface area contributed by atoms with Crippen LogP contribution < -0.4 is 16.4 Å². The Morgan fingerprint density at radius 3 is 1.68 bits per heavy atom. The van der Waals surface area contributed by atoms with Gasteiger partial charge >= 0.3 is 12.1 Å². The fourth-order valence-corrected chi connectivity index (χ4v) is 4.90. The molecule has 0 bridgehead atoms. The van der Waals surface area contributed by atoms with Crippen LogP contribution in [0, 0.1) is 10.1 Å². The van der Waals surface area contributed by atoms with Gasteiger partial charge in [0.15, 0.2) is 0 Å². The van der Waals surface area contributed by atoms with Crippen molar-refractivity contribution in [3.8, 4) is 22.5 Å². The molecule has 2 aliphatic heterocycles. The first-order chi connectivity index (χ1) is 21.4. The molecule has 4 N–H and O–H groups in total. The molecule has 4 heterocycles. The number of carbonyl (C=O) groups excluding carboxylic acids is 2. The molecule has 2 aliphatic rings. The topological polar surface area (TPSA) is 185 Å². The van der Waals surface area contributed by atoms with Gasteiger partial charge in [-0.2, -0.15) is 0 Å². The van der Waals surface area contributed by atoms with Crippen LogP contribution in [0.15, 0.2) is 73.6 Å². The van der Waals surface area contributed by atoms with Crippen molar-refractivity contribution in [2.24, 2.45) is 0 Å². The molecule has 14 nitrogen and oxygen atoms in total. The van der Waals surface area contributed by atoms with E-state index in [1.165, 1.54) is 6.07 Å². The first-order valence-electron chi connectivity index (χ1n) is 14.2. The van der Waals surface area contributed by atoms with E-state index in [0.29, 0.717) is 35.7 Å². The number of nitrogens with zero attached hydrogens (tertiary/aromatic N) is 7. The zero-order chi connectivity index (χ0) is 30.9. The minimum atomic E-state index is -0.514. The Morgan fingerprint density at radius 1 is 0.727 bits per heavy atom. The number of amides is 4. The van der Waals surface area contributed by atoms with Gasteiger partial charge in [-0.3, -0.25) is 30.1 Å². The summed E-state index contributed by atoms with van der Waals surface area (Å²) >= 11 is 0. The number of nitro benzene ring substituents is 1. The van der Waals surface area contributed by atoms with Crippen LogP contribution in [0.25, 0.3) is 22.5 Å². The molecule has 0 atom stereocenters. The first kappa shape index (κ1) is 29.8. The van der Waals surface area contributed by atoms with Crippen LogP contribution in [0.3, 0.4) is 0 Å². The molecular weight excluding hydrogens is 564 g/mol. The Morgan fingerprint density at radius 2 is 1.20 bits per heavy atom. The standard InChI is InChI=1S/C15H15N5O3.C15H17N5O/c21-15(19-7-1-2-8-19)18-12-9-11(3-4-14(12)20(22)23)13-10-16-5-6-17-13;16-12-4-3-11(14-10-17-5-6-18-14)9-13(12)19-15(21)20-7-1-2-8-20/h3-6,9-10H,1-2,7-8H2,(H,18,21);3-6,9-10H,1-2,7-8,16H2,(H,19,21). The second kappa shape index (κ2) is 14.0. The van der Waals surface area contributed by atoms with Gasteiger partial charge in [0, 0.05) is 68.2 Å². The minimum absolute atomic E-state index is 0.101. The normalized spacial score (nSPS) is 14.0. The summed E-state index contributed by atoms with van der Waals surface area (Å²) in [5, 5.41) is 16.7. The van der Waals surface area contributed by atoms with E-state index in [1.807, 2.05) is 12.1 Å². The molecule has 4 aromatic rings. The largest absolute Gasteiger partial charge is 0.397 e. The van der Waals surface area contributed by atoms with Crippen LogP contribution in [0.2, 0.25) is 0 Å². The maximum absolute atomic E-state index is 12.2. The Kier molecular flexibility index (Phi) is 9.49. The highest BCUT2D eigenvalue weighted by molar-refractivity contribution is 5.94. The third-order valence-corrected chi connectivity index (χ3v) is 7.23. The molecule has 0 radical (unpaired) electrons. The fourth-order valence-electron chi connectivity index (χ4n) is 4.90. The summed E-state index contributed by atoms with van der Waals surface area (Å²) in [6, 6.07) is 9.55. The van der Waals surface area contributed by atoms with Crippen molar-refractivity contribution in [1.29, 1.82) is 0 Å². The van der Waals surface area contributed by atoms with E-state index in [-0.39, 0.29) is 23.4 Å². The number of hydrogen-bond acceptors (Lipinski definition) is 9. The molecule has 2 fully saturated rings. The summed E-state index contributed by atoms with van der Waals surface area (Å²) in [5.74, 6) is 0. The highest BCUT2D eigenvalue weighted by Crippen LogP contribution is 2.30. The molecule has 0 aliphatic carbocycles. The lowest BCUT2D eigenvalue weighted by atomic mass is 10.1. The summed E-state index contributed by atoms with van der Waals surface area (Å²) in [4.78, 5) is 54.9. The average molecular weight is 597 g/mol. The first-order valence-corrected chi connectivity index (χ1v) is 14.2. The molecule has 0 unspecified atom stereocenters. The summed E-state index contributed by atoms with van der Waals surface area (Å²) < 4.78 is 0. The fraction of sp³-hybridized carbons (Fsp3) is 0.267. The number of anilines is 3. The molecule has 2 saturated heterocycles. The van der Waals surface area contributed by atoms with Crippen LogP contribution >= 0.6 is 0 Å². The third-order valence-electron chi connectivity index (χ3n) is 7.23. The van der Waals surface area contributed by atoms with E-state index < -0.39 is 4.92 Å². The smallest absolute Gasteiger partial charge is 0.322 e. The van der Waals surface area contributed by atoms with Crippen LogP contribution in [-0.4, -0.2) is 72.9 Å². The molecular formula is C30H32N10O4. The summed E-state index contributed by atoms with van der Waals surface area (Å²) in [6.07, 6.45) is 13.6. The number of carbonyl (C=O) groups is 2. The number of nitro groups is 1. The number of urea groups is 2. The lowest BCUT2D eigenvalue weighted by molar-refractivity contribution is -0.383. The van der Waals surface area contributed by atoms with Gasteiger partial charge in [0.05, 0.1) is 40.1 Å². The van der Waals surface area contributed by atoms with Gasteiger partial charge in [0.2, 0.25) is 0 Å². The summed E-state index contributed by atoms with van der Waals surface area (Å²) in [7, 11) is 0. The maximum Gasteiger partial charge on any atom is 0.322 e. The van der Waals surface area contributed by atoms with E-state index in [2.05, 4.69) is 30.6 Å². The van der Waals surface area contributed by atoms with Gasteiger partial charge in [-0.15, -0.1) is 0 Å². The Balaban J connectivity index is 0.000000175. The Bertz CT molecular complexity index is 1610. The molecule has 4 amide bonds. The zero-order valence-corrected chi connectivity index (χ0v) is 23.9. The molecule has 6 rings (SSSR count). The predicted octanol–water partition coefficient (Wildman–Crippen LogP) is 5.03. The maximum atomic E-state index is 12.2. The number of nitrogens with one attached hydrogen (secondary N) is 2. The lowest BCUT2D eigenvalue weighted by Gasteiger charge is -2.17. The number of nitrogens with two attached hydrogens (primary N) is 1. The number of hydrogen-bond donors (Lipinski definition) is 3. The van der Waals surface area contributed by atoms with Crippen molar-refractivity contribution in [2.45, 2.75) is 25.7 Å². The summed E-state index contributed by atoms with van der Waals surface area (Å²) in [6.45, 7) is 2.94. The van der Waals surface area contributed by atoms with Crippen molar-refractivity contribution in [3.63, 3.8) is 0 Å². The van der Waals surface area contributed by atoms with Gasteiger partial charge in [-0.1, -0.05) is 6.07 Å². The number of benzene rings is 2. The molecule has 0 spiro atoms. The third kappa shape index (κ3) is 7.40. The second-order valence-corrected chi connectivity index (χ2v) is 10.2. The second-order valence-electron chi connectivity index (χ2n) is 10.2. The highest BCUT2D eigenvalue weighted by atomic mass is 16.6. The molecule has 226 valence electrons. The highest BCUT2D eigenvalue weighted by Gasteiger charge is 2.23. The predicted molar refractivity (Wildman–Crippen MR) is 166 cm³/mol. The van der Waals surface area contributed by atoms with E-state index in [1.54, 1.807) is 65.2 Å². The van der Waals surface area contributed by atoms with Crippen molar-refractivity contribution in [2.75, 3.05) is 42.5 Å². The van der Waals surface area contributed by atoms with E-state index in [0.717, 1.165) is 50.0 Å². The van der Waals surface area contributed by atoms with Crippen LogP contribution in [-0.2, 0) is 0 Å².